The highest BCUT2D eigenvalue weighted by Crippen LogP contribution is 2.25. The number of amides is 2. The van der Waals surface area contributed by atoms with Crippen LogP contribution in [0.1, 0.15) is 0 Å². The predicted octanol–water partition coefficient (Wildman–Crippen LogP) is 1.94. The zero-order valence-corrected chi connectivity index (χ0v) is 17.3. The van der Waals surface area contributed by atoms with Gasteiger partial charge >= 0.3 is 0 Å². The lowest BCUT2D eigenvalue weighted by Crippen LogP contribution is -2.50. The molecule has 2 aromatic carbocycles. The van der Waals surface area contributed by atoms with E-state index >= 15 is 0 Å². The van der Waals surface area contributed by atoms with E-state index in [-0.39, 0.29) is 18.3 Å². The van der Waals surface area contributed by atoms with Gasteiger partial charge in [0.2, 0.25) is 0 Å². The molecule has 0 saturated heterocycles. The van der Waals surface area contributed by atoms with Crippen LogP contribution in [-0.4, -0.2) is 37.3 Å². The smallest absolute Gasteiger partial charge is 0.276 e. The molecule has 0 bridgehead atoms. The number of carbonyl (C=O) groups is 2. The number of rotatable bonds is 7. The minimum atomic E-state index is -0.492. The number of para-hydroxylation sites is 2. The first-order valence-electron chi connectivity index (χ1n) is 8.01. The normalized spacial score (nSPS) is 9.79. The molecule has 0 heterocycles. The van der Waals surface area contributed by atoms with E-state index in [9.17, 15) is 9.59 Å². The van der Waals surface area contributed by atoms with E-state index in [1.807, 2.05) is 0 Å². The third-order valence-electron chi connectivity index (χ3n) is 3.18. The summed E-state index contributed by atoms with van der Waals surface area (Å²) < 4.78 is 16.7. The zero-order valence-electron chi connectivity index (χ0n) is 14.9. The maximum absolute atomic E-state index is 11.8. The summed E-state index contributed by atoms with van der Waals surface area (Å²) in [6, 6.07) is 14.0. The van der Waals surface area contributed by atoms with Crippen molar-refractivity contribution in [2.75, 3.05) is 20.3 Å². The molecule has 8 nitrogen and oxygen atoms in total. The van der Waals surface area contributed by atoms with E-state index in [4.69, 9.17) is 26.4 Å². The van der Waals surface area contributed by atoms with Gasteiger partial charge in [0.25, 0.3) is 11.8 Å². The molecule has 0 aliphatic carbocycles. The molecule has 3 N–H and O–H groups in total. The summed E-state index contributed by atoms with van der Waals surface area (Å²) in [5, 5.41) is 2.31. The van der Waals surface area contributed by atoms with E-state index in [1.54, 1.807) is 48.5 Å². The van der Waals surface area contributed by atoms with Crippen molar-refractivity contribution in [2.24, 2.45) is 0 Å². The maximum atomic E-state index is 11.8. The number of halogens is 1. The Morgan fingerprint density at radius 1 is 0.929 bits per heavy atom. The predicted molar refractivity (Wildman–Crippen MR) is 110 cm³/mol. The second-order valence-corrected chi connectivity index (χ2v) is 6.56. The molecule has 0 radical (unpaired) electrons. The van der Waals surface area contributed by atoms with Gasteiger partial charge in [-0.2, -0.15) is 0 Å². The van der Waals surface area contributed by atoms with Gasteiger partial charge in [-0.25, -0.2) is 0 Å². The van der Waals surface area contributed by atoms with Crippen molar-refractivity contribution in [1.29, 1.82) is 0 Å². The van der Waals surface area contributed by atoms with Crippen LogP contribution in [0.25, 0.3) is 0 Å². The van der Waals surface area contributed by atoms with Gasteiger partial charge in [-0.3, -0.25) is 25.8 Å². The number of carbonyl (C=O) groups excluding carboxylic acids is 2. The molecule has 2 aromatic rings. The van der Waals surface area contributed by atoms with Crippen molar-refractivity contribution in [3.63, 3.8) is 0 Å². The Morgan fingerprint density at radius 2 is 1.57 bits per heavy atom. The molecule has 0 aromatic heterocycles. The van der Waals surface area contributed by atoms with Crippen molar-refractivity contribution in [2.45, 2.75) is 0 Å². The lowest BCUT2D eigenvalue weighted by molar-refractivity contribution is -0.124. The number of ether oxygens (including phenoxy) is 3. The van der Waals surface area contributed by atoms with Crippen LogP contribution < -0.4 is 30.4 Å². The van der Waals surface area contributed by atoms with Crippen LogP contribution >= 0.6 is 28.1 Å². The third-order valence-corrected chi connectivity index (χ3v) is 3.91. The Balaban J connectivity index is 1.66. The van der Waals surface area contributed by atoms with Gasteiger partial charge in [0.05, 0.1) is 7.11 Å². The summed E-state index contributed by atoms with van der Waals surface area (Å²) >= 11 is 8.24. The zero-order chi connectivity index (χ0) is 20.4. The van der Waals surface area contributed by atoms with Gasteiger partial charge < -0.3 is 14.2 Å². The summed E-state index contributed by atoms with van der Waals surface area (Å²) in [4.78, 5) is 23.6. The molecule has 0 fully saturated rings. The molecule has 28 heavy (non-hydrogen) atoms. The van der Waals surface area contributed by atoms with Crippen molar-refractivity contribution < 1.29 is 23.8 Å². The first-order chi connectivity index (χ1) is 13.5. The van der Waals surface area contributed by atoms with Crippen LogP contribution in [-0.2, 0) is 9.59 Å². The average molecular weight is 468 g/mol. The number of hydrogen-bond donors (Lipinski definition) is 3. The highest BCUT2D eigenvalue weighted by atomic mass is 79.9. The molecule has 0 unspecified atom stereocenters. The Hall–Kier alpha value is -2.85. The number of thiocarbonyl (C=S) groups is 1. The van der Waals surface area contributed by atoms with Crippen LogP contribution in [0.5, 0.6) is 17.2 Å². The third kappa shape index (κ3) is 7.41. The van der Waals surface area contributed by atoms with Gasteiger partial charge in [0.1, 0.15) is 5.75 Å². The van der Waals surface area contributed by atoms with Gasteiger partial charge in [-0.15, -0.1) is 0 Å². The fourth-order valence-corrected chi connectivity index (χ4v) is 2.35. The van der Waals surface area contributed by atoms with Crippen molar-refractivity contribution in [3.8, 4) is 17.2 Å². The van der Waals surface area contributed by atoms with Crippen molar-refractivity contribution in [1.82, 2.24) is 16.2 Å². The lowest BCUT2D eigenvalue weighted by Gasteiger charge is -2.13. The van der Waals surface area contributed by atoms with Crippen LogP contribution in [0.2, 0.25) is 0 Å². The minimum absolute atomic E-state index is 0.0740. The lowest BCUT2D eigenvalue weighted by atomic mass is 10.3. The summed E-state index contributed by atoms with van der Waals surface area (Å²) in [6.45, 7) is -0.495. The fourth-order valence-electron chi connectivity index (χ4n) is 1.92. The van der Waals surface area contributed by atoms with E-state index in [1.165, 1.54) is 7.11 Å². The quantitative estimate of drug-likeness (QED) is 0.422. The number of benzene rings is 2. The second kappa shape index (κ2) is 11.1. The molecule has 148 valence electrons. The van der Waals surface area contributed by atoms with Crippen LogP contribution in [0.4, 0.5) is 0 Å². The summed E-state index contributed by atoms with van der Waals surface area (Å²) in [7, 11) is 1.51. The average Bonchev–Trinajstić information content (AvgIpc) is 2.70. The van der Waals surface area contributed by atoms with Crippen molar-refractivity contribution in [3.05, 3.63) is 53.0 Å². The summed E-state index contributed by atoms with van der Waals surface area (Å²) in [5.74, 6) is 0.519. The van der Waals surface area contributed by atoms with Gasteiger partial charge in [0, 0.05) is 4.47 Å². The topological polar surface area (TPSA) is 97.9 Å². The Morgan fingerprint density at radius 3 is 2.25 bits per heavy atom. The van der Waals surface area contributed by atoms with Gasteiger partial charge in [-0.05, 0) is 48.6 Å². The van der Waals surface area contributed by atoms with Crippen molar-refractivity contribution >= 4 is 45.1 Å². The molecular formula is C18H18BrN3O5S. The largest absolute Gasteiger partial charge is 0.493 e. The summed E-state index contributed by atoms with van der Waals surface area (Å²) in [6.07, 6.45) is 0. The molecule has 0 aliphatic heterocycles. The first kappa shape index (κ1) is 21.5. The molecule has 10 heteroatoms. The fraction of sp³-hybridized carbons (Fsp3) is 0.167. The maximum Gasteiger partial charge on any atom is 0.276 e. The number of methoxy groups -OCH3 is 1. The Kier molecular flexibility index (Phi) is 8.50. The molecule has 2 amide bonds. The summed E-state index contributed by atoms with van der Waals surface area (Å²) in [5.41, 5.74) is 4.73. The molecule has 0 saturated carbocycles. The van der Waals surface area contributed by atoms with Crippen LogP contribution in [0.3, 0.4) is 0 Å². The molecular weight excluding hydrogens is 450 g/mol. The number of hydrazine groups is 1. The van der Waals surface area contributed by atoms with Gasteiger partial charge in [-0.1, -0.05) is 28.1 Å². The van der Waals surface area contributed by atoms with E-state index in [0.29, 0.717) is 17.2 Å². The number of nitrogens with one attached hydrogen (secondary N) is 3. The van der Waals surface area contributed by atoms with E-state index in [2.05, 4.69) is 32.1 Å². The standard InChI is InChI=1S/C18H18BrN3O5S/c1-25-14-4-2-3-5-15(14)27-11-17(24)21-22-18(28)20-16(23)10-26-13-8-6-12(19)7-9-13/h2-9H,10-11H2,1H3,(H,21,24)(H2,20,22,23,28). The van der Waals surface area contributed by atoms with Crippen LogP contribution in [0, 0.1) is 0 Å². The Labute approximate surface area is 175 Å². The molecule has 0 aliphatic rings. The van der Waals surface area contributed by atoms with Crippen LogP contribution in [0.15, 0.2) is 53.0 Å². The second-order valence-electron chi connectivity index (χ2n) is 5.23. The Bertz CT molecular complexity index is 832. The molecule has 0 atom stereocenters. The molecule has 0 spiro atoms. The first-order valence-corrected chi connectivity index (χ1v) is 9.21. The van der Waals surface area contributed by atoms with E-state index in [0.717, 1.165) is 4.47 Å². The highest BCUT2D eigenvalue weighted by molar-refractivity contribution is 9.10. The molecule has 2 rings (SSSR count). The monoisotopic (exact) mass is 467 g/mol. The SMILES string of the molecule is COc1ccccc1OCC(=O)NNC(=S)NC(=O)COc1ccc(Br)cc1. The van der Waals surface area contributed by atoms with E-state index < -0.39 is 11.8 Å². The highest BCUT2D eigenvalue weighted by Gasteiger charge is 2.09. The minimum Gasteiger partial charge on any atom is -0.493 e. The van der Waals surface area contributed by atoms with Gasteiger partial charge in [0.15, 0.2) is 29.8 Å². The number of hydrogen-bond acceptors (Lipinski definition) is 6.